The fourth-order valence-electron chi connectivity index (χ4n) is 0.925. The molecule has 0 unspecified atom stereocenters. The molecule has 0 aromatic carbocycles. The van der Waals surface area contributed by atoms with Crippen molar-refractivity contribution in [1.29, 1.82) is 0 Å². The molecule has 4 nitrogen and oxygen atoms in total. The lowest BCUT2D eigenvalue weighted by Gasteiger charge is -2.02. The zero-order valence-corrected chi connectivity index (χ0v) is 8.10. The third-order valence-electron chi connectivity index (χ3n) is 1.50. The van der Waals surface area contributed by atoms with Crippen molar-refractivity contribution in [2.45, 2.75) is 13.5 Å². The second-order valence-electron chi connectivity index (χ2n) is 2.62. The van der Waals surface area contributed by atoms with E-state index in [4.69, 9.17) is 9.47 Å². The van der Waals surface area contributed by atoms with Gasteiger partial charge in [0.15, 0.2) is 0 Å². The molecule has 76 valence electrons. The van der Waals surface area contributed by atoms with Gasteiger partial charge < -0.3 is 9.47 Å². The van der Waals surface area contributed by atoms with E-state index in [1.807, 2.05) is 18.2 Å². The van der Waals surface area contributed by atoms with Crippen LogP contribution in [0.25, 0.3) is 0 Å². The monoisotopic (exact) mass is 195 g/mol. The van der Waals surface area contributed by atoms with E-state index < -0.39 is 0 Å². The highest BCUT2D eigenvalue weighted by Gasteiger charge is 2.01. The summed E-state index contributed by atoms with van der Waals surface area (Å²) in [6.07, 6.45) is 1.68. The van der Waals surface area contributed by atoms with E-state index in [2.05, 4.69) is 4.98 Å². The van der Waals surface area contributed by atoms with Crippen LogP contribution in [0.2, 0.25) is 0 Å². The van der Waals surface area contributed by atoms with Crippen molar-refractivity contribution in [3.05, 3.63) is 30.1 Å². The van der Waals surface area contributed by atoms with Crippen molar-refractivity contribution >= 4 is 5.97 Å². The molecule has 4 heteroatoms. The zero-order valence-electron chi connectivity index (χ0n) is 8.10. The van der Waals surface area contributed by atoms with E-state index in [0.29, 0.717) is 13.2 Å². The zero-order chi connectivity index (χ0) is 10.2. The number of esters is 1. The molecule has 1 aromatic rings. The lowest BCUT2D eigenvalue weighted by Crippen LogP contribution is -2.12. The maximum atomic E-state index is 10.9. The predicted molar refractivity (Wildman–Crippen MR) is 50.5 cm³/mol. The Labute approximate surface area is 82.9 Å². The summed E-state index contributed by atoms with van der Waals surface area (Å²) in [6.45, 7) is 2.45. The summed E-state index contributed by atoms with van der Waals surface area (Å²) >= 11 is 0. The molecule has 0 saturated heterocycles. The number of hydrogen-bond donors (Lipinski definition) is 0. The molecule has 0 spiro atoms. The van der Waals surface area contributed by atoms with E-state index in [-0.39, 0.29) is 12.6 Å². The topological polar surface area (TPSA) is 48.4 Å². The lowest BCUT2D eigenvalue weighted by atomic mass is 10.4. The summed E-state index contributed by atoms with van der Waals surface area (Å²) in [7, 11) is 0. The van der Waals surface area contributed by atoms with Gasteiger partial charge in [-0.25, -0.2) is 4.79 Å². The van der Waals surface area contributed by atoms with Gasteiger partial charge in [0.1, 0.15) is 6.61 Å². The molecule has 14 heavy (non-hydrogen) atoms. The van der Waals surface area contributed by atoms with Crippen LogP contribution in [0.3, 0.4) is 0 Å². The molecule has 1 aromatic heterocycles. The Balaban J connectivity index is 2.19. The van der Waals surface area contributed by atoms with Crippen molar-refractivity contribution in [1.82, 2.24) is 4.98 Å². The van der Waals surface area contributed by atoms with Crippen molar-refractivity contribution in [2.75, 3.05) is 13.2 Å². The number of hydrogen-bond acceptors (Lipinski definition) is 4. The summed E-state index contributed by atoms with van der Waals surface area (Å²) in [4.78, 5) is 14.9. The Hall–Kier alpha value is -1.42. The van der Waals surface area contributed by atoms with Crippen molar-refractivity contribution in [3.8, 4) is 0 Å². The van der Waals surface area contributed by atoms with Crippen molar-refractivity contribution in [2.24, 2.45) is 0 Å². The number of carbonyl (C=O) groups excluding carboxylic acids is 1. The minimum absolute atomic E-state index is 0.0234. The van der Waals surface area contributed by atoms with E-state index >= 15 is 0 Å². The largest absolute Gasteiger partial charge is 0.464 e. The first-order chi connectivity index (χ1) is 6.83. The normalized spacial score (nSPS) is 9.79. The smallest absolute Gasteiger partial charge is 0.332 e. The summed E-state index contributed by atoms with van der Waals surface area (Å²) < 4.78 is 9.79. The Morgan fingerprint density at radius 1 is 1.50 bits per heavy atom. The first kappa shape index (κ1) is 10.7. The van der Waals surface area contributed by atoms with Gasteiger partial charge in [-0.2, -0.15) is 0 Å². The highest BCUT2D eigenvalue weighted by molar-refractivity contribution is 5.70. The average Bonchev–Trinajstić information content (AvgIpc) is 2.20. The molecule has 0 aliphatic heterocycles. The Kier molecular flexibility index (Phi) is 4.64. The van der Waals surface area contributed by atoms with Gasteiger partial charge in [-0.05, 0) is 19.1 Å². The van der Waals surface area contributed by atoms with Crippen LogP contribution in [0.15, 0.2) is 24.4 Å². The molecular formula is C10H13NO3. The van der Waals surface area contributed by atoms with Gasteiger partial charge in [0.25, 0.3) is 0 Å². The standard InChI is InChI=1S/C10H13NO3/c1-2-14-10(12)8-13-7-9-5-3-4-6-11-9/h3-6H,2,7-8H2,1H3. The third-order valence-corrected chi connectivity index (χ3v) is 1.50. The molecule has 0 atom stereocenters. The molecule has 0 fully saturated rings. The van der Waals surface area contributed by atoms with Crippen LogP contribution >= 0.6 is 0 Å². The van der Waals surface area contributed by atoms with Crippen LogP contribution in [-0.4, -0.2) is 24.2 Å². The second kappa shape index (κ2) is 6.10. The second-order valence-corrected chi connectivity index (χ2v) is 2.62. The first-order valence-electron chi connectivity index (χ1n) is 4.46. The first-order valence-corrected chi connectivity index (χ1v) is 4.46. The number of pyridine rings is 1. The van der Waals surface area contributed by atoms with Gasteiger partial charge in [-0.3, -0.25) is 4.98 Å². The molecule has 1 heterocycles. The molecule has 0 aliphatic rings. The van der Waals surface area contributed by atoms with Crippen LogP contribution in [-0.2, 0) is 20.9 Å². The molecule has 0 amide bonds. The number of nitrogens with zero attached hydrogens (tertiary/aromatic N) is 1. The SMILES string of the molecule is CCOC(=O)COCc1ccccn1. The average molecular weight is 195 g/mol. The molecule has 0 saturated carbocycles. The number of rotatable bonds is 5. The summed E-state index contributed by atoms with van der Waals surface area (Å²) in [5, 5.41) is 0. The van der Waals surface area contributed by atoms with Gasteiger partial charge >= 0.3 is 5.97 Å². The Morgan fingerprint density at radius 2 is 2.36 bits per heavy atom. The summed E-state index contributed by atoms with van der Waals surface area (Å²) in [6, 6.07) is 5.54. The van der Waals surface area contributed by atoms with E-state index in [9.17, 15) is 4.79 Å². The minimum Gasteiger partial charge on any atom is -0.464 e. The Bertz CT molecular complexity index is 274. The fourth-order valence-corrected chi connectivity index (χ4v) is 0.925. The summed E-state index contributed by atoms with van der Waals surface area (Å²) in [5.41, 5.74) is 0.803. The molecule has 0 bridgehead atoms. The van der Waals surface area contributed by atoms with Gasteiger partial charge in [0.05, 0.1) is 18.9 Å². The maximum absolute atomic E-state index is 10.9. The Morgan fingerprint density at radius 3 is 3.00 bits per heavy atom. The highest BCUT2D eigenvalue weighted by atomic mass is 16.6. The van der Waals surface area contributed by atoms with E-state index in [0.717, 1.165) is 5.69 Å². The van der Waals surface area contributed by atoms with E-state index in [1.165, 1.54) is 0 Å². The van der Waals surface area contributed by atoms with Crippen LogP contribution in [0.1, 0.15) is 12.6 Å². The third kappa shape index (κ3) is 4.00. The molecule has 0 N–H and O–H groups in total. The maximum Gasteiger partial charge on any atom is 0.332 e. The van der Waals surface area contributed by atoms with Crippen LogP contribution in [0.4, 0.5) is 0 Å². The van der Waals surface area contributed by atoms with Gasteiger partial charge in [0.2, 0.25) is 0 Å². The molecular weight excluding hydrogens is 182 g/mol. The van der Waals surface area contributed by atoms with Gasteiger partial charge in [-0.1, -0.05) is 6.07 Å². The van der Waals surface area contributed by atoms with Gasteiger partial charge in [-0.15, -0.1) is 0 Å². The van der Waals surface area contributed by atoms with Crippen LogP contribution in [0.5, 0.6) is 0 Å². The van der Waals surface area contributed by atoms with Gasteiger partial charge in [0, 0.05) is 6.20 Å². The predicted octanol–water partition coefficient (Wildman–Crippen LogP) is 1.16. The molecule has 1 rings (SSSR count). The minimum atomic E-state index is -0.344. The van der Waals surface area contributed by atoms with Crippen molar-refractivity contribution < 1.29 is 14.3 Å². The lowest BCUT2D eigenvalue weighted by molar-refractivity contribution is -0.148. The molecule has 0 radical (unpaired) electrons. The van der Waals surface area contributed by atoms with E-state index in [1.54, 1.807) is 13.1 Å². The van der Waals surface area contributed by atoms with Crippen LogP contribution in [0, 0.1) is 0 Å². The van der Waals surface area contributed by atoms with Crippen LogP contribution < -0.4 is 0 Å². The highest BCUT2D eigenvalue weighted by Crippen LogP contribution is 1.95. The number of aromatic nitrogens is 1. The molecule has 0 aliphatic carbocycles. The van der Waals surface area contributed by atoms with Crippen molar-refractivity contribution in [3.63, 3.8) is 0 Å². The number of carbonyl (C=O) groups is 1. The summed E-state index contributed by atoms with van der Waals surface area (Å²) in [5.74, 6) is -0.344. The quantitative estimate of drug-likeness (QED) is 0.661. The number of ether oxygens (including phenoxy) is 2. The fraction of sp³-hybridized carbons (Fsp3) is 0.400.